The van der Waals surface area contributed by atoms with Crippen molar-refractivity contribution >= 4 is 0 Å². The molecule has 3 nitrogen and oxygen atoms in total. The molecule has 0 saturated heterocycles. The van der Waals surface area contributed by atoms with Crippen LogP contribution in [-0.4, -0.2) is 51.3 Å². The van der Waals surface area contributed by atoms with E-state index in [0.29, 0.717) is 11.5 Å². The minimum absolute atomic E-state index is 0.462. The molecule has 120 valence electrons. The maximum Gasteiger partial charge on any atom is 0.0589 e. The summed E-state index contributed by atoms with van der Waals surface area (Å²) >= 11 is 0. The van der Waals surface area contributed by atoms with Gasteiger partial charge in [0.25, 0.3) is 0 Å². The molecule has 3 atom stereocenters. The highest BCUT2D eigenvalue weighted by Gasteiger charge is 2.36. The van der Waals surface area contributed by atoms with Crippen LogP contribution in [0.3, 0.4) is 0 Å². The molecule has 1 N–H and O–H groups in total. The Morgan fingerprint density at radius 2 is 2.20 bits per heavy atom. The Morgan fingerprint density at radius 1 is 1.45 bits per heavy atom. The lowest BCUT2D eigenvalue weighted by atomic mass is 9.69. The molecule has 0 spiro atoms. The number of methoxy groups -OCH3 is 1. The van der Waals surface area contributed by atoms with Crippen LogP contribution in [0.15, 0.2) is 0 Å². The predicted octanol–water partition coefficient (Wildman–Crippen LogP) is 3.15. The molecule has 0 aliphatic heterocycles. The van der Waals surface area contributed by atoms with Crippen molar-refractivity contribution in [3.63, 3.8) is 0 Å². The van der Waals surface area contributed by atoms with Crippen LogP contribution in [0.2, 0.25) is 0 Å². The van der Waals surface area contributed by atoms with Gasteiger partial charge in [-0.15, -0.1) is 0 Å². The second-order valence-electron chi connectivity index (χ2n) is 6.95. The summed E-state index contributed by atoms with van der Waals surface area (Å²) in [4.78, 5) is 2.65. The van der Waals surface area contributed by atoms with E-state index >= 15 is 0 Å². The molecule has 3 unspecified atom stereocenters. The molecule has 0 radical (unpaired) electrons. The minimum Gasteiger partial charge on any atom is -0.383 e. The van der Waals surface area contributed by atoms with E-state index in [2.05, 4.69) is 38.0 Å². The van der Waals surface area contributed by atoms with Gasteiger partial charge < -0.3 is 10.1 Å². The van der Waals surface area contributed by atoms with Gasteiger partial charge in [-0.3, -0.25) is 4.90 Å². The molecule has 3 heteroatoms. The lowest BCUT2D eigenvalue weighted by Gasteiger charge is -2.45. The molecule has 1 saturated carbocycles. The zero-order chi connectivity index (χ0) is 15.0. The third-order valence-electron chi connectivity index (χ3n) is 5.07. The lowest BCUT2D eigenvalue weighted by molar-refractivity contribution is 0.0447. The minimum atomic E-state index is 0.462. The van der Waals surface area contributed by atoms with Crippen molar-refractivity contribution in [2.75, 3.05) is 40.4 Å². The summed E-state index contributed by atoms with van der Waals surface area (Å²) in [7, 11) is 3.91. The molecule has 20 heavy (non-hydrogen) atoms. The first-order valence-corrected chi connectivity index (χ1v) is 8.44. The summed E-state index contributed by atoms with van der Waals surface area (Å²) in [5.41, 5.74) is 0.462. The van der Waals surface area contributed by atoms with E-state index in [1.165, 1.54) is 38.6 Å². The number of hydrogen-bond donors (Lipinski definition) is 1. The summed E-state index contributed by atoms with van der Waals surface area (Å²) in [6.07, 6.45) is 6.76. The average molecular weight is 284 g/mol. The first-order chi connectivity index (χ1) is 9.56. The normalized spacial score (nSPS) is 28.8. The molecule has 1 fully saturated rings. The van der Waals surface area contributed by atoms with Crippen LogP contribution in [0.5, 0.6) is 0 Å². The lowest BCUT2D eigenvalue weighted by Crippen LogP contribution is -2.49. The van der Waals surface area contributed by atoms with Gasteiger partial charge in [0, 0.05) is 32.8 Å². The van der Waals surface area contributed by atoms with Crippen LogP contribution in [0.25, 0.3) is 0 Å². The van der Waals surface area contributed by atoms with Crippen LogP contribution in [-0.2, 0) is 4.74 Å². The summed E-state index contributed by atoms with van der Waals surface area (Å²) < 4.78 is 5.31. The smallest absolute Gasteiger partial charge is 0.0589 e. The number of nitrogens with one attached hydrogen (secondary N) is 1. The van der Waals surface area contributed by atoms with E-state index in [9.17, 15) is 0 Å². The van der Waals surface area contributed by atoms with Crippen molar-refractivity contribution in [1.82, 2.24) is 10.2 Å². The number of nitrogens with zero attached hydrogens (tertiary/aromatic N) is 1. The van der Waals surface area contributed by atoms with E-state index in [1.807, 2.05) is 0 Å². The Bertz CT molecular complexity index is 255. The van der Waals surface area contributed by atoms with Gasteiger partial charge in [0.1, 0.15) is 0 Å². The molecule has 1 rings (SSSR count). The maximum atomic E-state index is 5.31. The third kappa shape index (κ3) is 5.34. The second kappa shape index (κ2) is 9.01. The molecule has 1 aliphatic carbocycles. The molecule has 0 heterocycles. The Balaban J connectivity index is 2.73. The van der Waals surface area contributed by atoms with Crippen LogP contribution in [0, 0.1) is 11.3 Å². The molecule has 0 amide bonds. The molecular weight excluding hydrogens is 248 g/mol. The van der Waals surface area contributed by atoms with Crippen LogP contribution in [0.4, 0.5) is 0 Å². The van der Waals surface area contributed by atoms with E-state index in [0.717, 1.165) is 25.6 Å². The standard InChI is InChI=1S/C17H36N2O/c1-6-16(3)19(10-11-20-5)14-17(13-18-4)9-7-8-15(2)12-17/h15-16,18H,6-14H2,1-5H3. The largest absolute Gasteiger partial charge is 0.383 e. The van der Waals surface area contributed by atoms with Gasteiger partial charge in [0.15, 0.2) is 0 Å². The van der Waals surface area contributed by atoms with Crippen LogP contribution >= 0.6 is 0 Å². The van der Waals surface area contributed by atoms with Crippen LogP contribution in [0.1, 0.15) is 52.9 Å². The van der Waals surface area contributed by atoms with Crippen molar-refractivity contribution in [2.45, 2.75) is 58.9 Å². The first-order valence-electron chi connectivity index (χ1n) is 8.44. The van der Waals surface area contributed by atoms with Gasteiger partial charge in [0.2, 0.25) is 0 Å². The molecule has 0 aromatic carbocycles. The zero-order valence-corrected chi connectivity index (χ0v) is 14.4. The van der Waals surface area contributed by atoms with Gasteiger partial charge in [-0.25, -0.2) is 0 Å². The number of ether oxygens (including phenoxy) is 1. The Morgan fingerprint density at radius 3 is 2.75 bits per heavy atom. The fourth-order valence-corrected chi connectivity index (χ4v) is 3.86. The van der Waals surface area contributed by atoms with E-state index in [1.54, 1.807) is 7.11 Å². The van der Waals surface area contributed by atoms with Crippen molar-refractivity contribution in [3.05, 3.63) is 0 Å². The third-order valence-corrected chi connectivity index (χ3v) is 5.07. The fraction of sp³-hybridized carbons (Fsp3) is 1.00. The summed E-state index contributed by atoms with van der Waals surface area (Å²) in [5, 5.41) is 3.46. The Kier molecular flexibility index (Phi) is 8.08. The van der Waals surface area contributed by atoms with Gasteiger partial charge >= 0.3 is 0 Å². The van der Waals surface area contributed by atoms with E-state index in [4.69, 9.17) is 4.74 Å². The quantitative estimate of drug-likeness (QED) is 0.704. The van der Waals surface area contributed by atoms with Crippen molar-refractivity contribution in [2.24, 2.45) is 11.3 Å². The molecule has 0 aromatic rings. The highest BCUT2D eigenvalue weighted by atomic mass is 16.5. The Hall–Kier alpha value is -0.120. The molecule has 0 bridgehead atoms. The van der Waals surface area contributed by atoms with E-state index < -0.39 is 0 Å². The number of rotatable bonds is 9. The average Bonchev–Trinajstić information content (AvgIpc) is 2.43. The SMILES string of the molecule is CCC(C)N(CCOC)CC1(CNC)CCCC(C)C1. The van der Waals surface area contributed by atoms with Gasteiger partial charge in [0.05, 0.1) is 6.61 Å². The van der Waals surface area contributed by atoms with Gasteiger partial charge in [-0.1, -0.05) is 26.7 Å². The van der Waals surface area contributed by atoms with Gasteiger partial charge in [-0.05, 0) is 44.6 Å². The highest BCUT2D eigenvalue weighted by Crippen LogP contribution is 2.40. The Labute approximate surface area is 126 Å². The van der Waals surface area contributed by atoms with Crippen molar-refractivity contribution in [3.8, 4) is 0 Å². The highest BCUT2D eigenvalue weighted by molar-refractivity contribution is 4.90. The summed E-state index contributed by atoms with van der Waals surface area (Å²) in [6, 6.07) is 0.649. The second-order valence-corrected chi connectivity index (χ2v) is 6.95. The predicted molar refractivity (Wildman–Crippen MR) is 87.2 cm³/mol. The fourth-order valence-electron chi connectivity index (χ4n) is 3.86. The summed E-state index contributed by atoms with van der Waals surface area (Å²) in [6.45, 7) is 11.3. The molecular formula is C17H36N2O. The number of hydrogen-bond acceptors (Lipinski definition) is 3. The van der Waals surface area contributed by atoms with Crippen LogP contribution < -0.4 is 5.32 Å². The molecule has 1 aliphatic rings. The monoisotopic (exact) mass is 284 g/mol. The topological polar surface area (TPSA) is 24.5 Å². The maximum absolute atomic E-state index is 5.31. The first kappa shape index (κ1) is 17.9. The van der Waals surface area contributed by atoms with Gasteiger partial charge in [-0.2, -0.15) is 0 Å². The molecule has 0 aromatic heterocycles. The summed E-state index contributed by atoms with van der Waals surface area (Å²) in [5.74, 6) is 0.873. The van der Waals surface area contributed by atoms with Crippen molar-refractivity contribution in [1.29, 1.82) is 0 Å². The van der Waals surface area contributed by atoms with E-state index in [-0.39, 0.29) is 0 Å². The van der Waals surface area contributed by atoms with Crippen molar-refractivity contribution < 1.29 is 4.74 Å². The zero-order valence-electron chi connectivity index (χ0n) is 14.4.